The van der Waals surface area contributed by atoms with E-state index >= 15 is 0 Å². The largest absolute Gasteiger partial charge is 0.373 e. The van der Waals surface area contributed by atoms with E-state index in [0.29, 0.717) is 0 Å². The molecule has 19 heavy (non-hydrogen) atoms. The van der Waals surface area contributed by atoms with Crippen LogP contribution in [0.5, 0.6) is 0 Å². The number of hydrogen-bond donors (Lipinski definition) is 0. The summed E-state index contributed by atoms with van der Waals surface area (Å²) < 4.78 is 45.3. The summed E-state index contributed by atoms with van der Waals surface area (Å²) in [5, 5.41) is 0.167. The van der Waals surface area contributed by atoms with E-state index in [-0.39, 0.29) is 35.2 Å². The fraction of sp³-hybridized carbons (Fsp3) is 0.500. The predicted octanol–water partition coefficient (Wildman–Crippen LogP) is 2.28. The van der Waals surface area contributed by atoms with Crippen molar-refractivity contribution in [3.8, 4) is 0 Å². The quantitative estimate of drug-likeness (QED) is 0.842. The highest BCUT2D eigenvalue weighted by Crippen LogP contribution is 2.25. The van der Waals surface area contributed by atoms with Crippen molar-refractivity contribution >= 4 is 21.6 Å². The second-order valence-corrected chi connectivity index (χ2v) is 7.00. The Balaban J connectivity index is 2.36. The molecule has 1 aromatic rings. The Morgan fingerprint density at radius 3 is 2.42 bits per heavy atom. The maximum atomic E-state index is 13.8. The highest BCUT2D eigenvalue weighted by Gasteiger charge is 2.33. The molecule has 1 aliphatic rings. The lowest BCUT2D eigenvalue weighted by Crippen LogP contribution is -2.48. The first-order chi connectivity index (χ1) is 8.80. The second-order valence-electron chi connectivity index (χ2n) is 4.65. The van der Waals surface area contributed by atoms with Gasteiger partial charge in [0.2, 0.25) is 10.0 Å². The molecule has 0 bridgehead atoms. The molecule has 0 radical (unpaired) electrons. The Morgan fingerprint density at radius 2 is 1.89 bits per heavy atom. The van der Waals surface area contributed by atoms with E-state index in [2.05, 4.69) is 0 Å². The summed E-state index contributed by atoms with van der Waals surface area (Å²) in [4.78, 5) is -0.349. The highest BCUT2D eigenvalue weighted by molar-refractivity contribution is 7.89. The van der Waals surface area contributed by atoms with Crippen LogP contribution in [0.3, 0.4) is 0 Å². The van der Waals surface area contributed by atoms with Gasteiger partial charge in [-0.2, -0.15) is 4.31 Å². The Bertz CT molecular complexity index is 568. The molecule has 106 valence electrons. The van der Waals surface area contributed by atoms with Gasteiger partial charge in [0, 0.05) is 18.1 Å². The lowest BCUT2D eigenvalue weighted by molar-refractivity contribution is -0.0441. The Hall–Kier alpha value is -0.690. The maximum absolute atomic E-state index is 13.8. The van der Waals surface area contributed by atoms with Crippen LogP contribution in [0.2, 0.25) is 5.02 Å². The van der Waals surface area contributed by atoms with Crippen LogP contribution in [0.25, 0.3) is 0 Å². The number of sulfonamides is 1. The van der Waals surface area contributed by atoms with Crippen molar-refractivity contribution in [1.82, 2.24) is 4.31 Å². The van der Waals surface area contributed by atoms with Crippen LogP contribution in [-0.2, 0) is 14.8 Å². The number of morpholine rings is 1. The molecule has 1 heterocycles. The van der Waals surface area contributed by atoms with E-state index in [0.717, 1.165) is 6.07 Å². The van der Waals surface area contributed by atoms with E-state index in [9.17, 15) is 12.8 Å². The standard InChI is InChI=1S/C12H15ClFNO3S/c1-8-6-15(7-9(2)18-8)19(16,17)12-4-3-10(13)5-11(12)14/h3-5,8-9H,6-7H2,1-2H3/t8-,9+. The summed E-state index contributed by atoms with van der Waals surface area (Å²) in [6.07, 6.45) is -0.428. The molecule has 1 aliphatic heterocycles. The van der Waals surface area contributed by atoms with Gasteiger partial charge >= 0.3 is 0 Å². The SMILES string of the molecule is C[C@@H]1CN(S(=O)(=O)c2ccc(Cl)cc2F)C[C@H](C)O1. The van der Waals surface area contributed by atoms with Gasteiger partial charge in [-0.1, -0.05) is 11.6 Å². The minimum Gasteiger partial charge on any atom is -0.373 e. The van der Waals surface area contributed by atoms with Gasteiger partial charge in [-0.15, -0.1) is 0 Å². The smallest absolute Gasteiger partial charge is 0.246 e. The van der Waals surface area contributed by atoms with Gasteiger partial charge in [0.05, 0.1) is 12.2 Å². The number of halogens is 2. The summed E-state index contributed by atoms with van der Waals surface area (Å²) in [6, 6.07) is 3.56. The summed E-state index contributed by atoms with van der Waals surface area (Å²) >= 11 is 5.63. The average Bonchev–Trinajstić information content (AvgIpc) is 2.26. The molecular weight excluding hydrogens is 293 g/mol. The van der Waals surface area contributed by atoms with Crippen LogP contribution in [0.1, 0.15) is 13.8 Å². The van der Waals surface area contributed by atoms with Gasteiger partial charge in [-0.25, -0.2) is 12.8 Å². The van der Waals surface area contributed by atoms with Crippen LogP contribution < -0.4 is 0 Å². The van der Waals surface area contributed by atoms with Gasteiger partial charge in [-0.3, -0.25) is 0 Å². The number of nitrogens with zero attached hydrogens (tertiary/aromatic N) is 1. The van der Waals surface area contributed by atoms with Crippen molar-refractivity contribution in [3.63, 3.8) is 0 Å². The number of rotatable bonds is 2. The fourth-order valence-corrected chi connectivity index (χ4v) is 3.95. The number of benzene rings is 1. The average molecular weight is 308 g/mol. The van der Waals surface area contributed by atoms with Gasteiger partial charge in [-0.05, 0) is 32.0 Å². The van der Waals surface area contributed by atoms with Crippen LogP contribution in [0.4, 0.5) is 4.39 Å². The molecule has 0 aromatic heterocycles. The molecule has 1 saturated heterocycles. The third-order valence-corrected chi connectivity index (χ3v) is 5.00. The molecule has 7 heteroatoms. The van der Waals surface area contributed by atoms with Crippen LogP contribution >= 0.6 is 11.6 Å². The highest BCUT2D eigenvalue weighted by atomic mass is 35.5. The number of ether oxygens (including phenoxy) is 1. The second kappa shape index (κ2) is 5.36. The van der Waals surface area contributed by atoms with E-state index in [1.54, 1.807) is 13.8 Å². The molecule has 4 nitrogen and oxygen atoms in total. The minimum atomic E-state index is -3.86. The molecule has 0 unspecified atom stereocenters. The first-order valence-electron chi connectivity index (χ1n) is 5.91. The molecular formula is C12H15ClFNO3S. The first kappa shape index (κ1) is 14.7. The third kappa shape index (κ3) is 3.08. The lowest BCUT2D eigenvalue weighted by atomic mass is 10.3. The van der Waals surface area contributed by atoms with Crippen LogP contribution in [0.15, 0.2) is 23.1 Å². The zero-order valence-electron chi connectivity index (χ0n) is 10.6. The topological polar surface area (TPSA) is 46.6 Å². The summed E-state index contributed by atoms with van der Waals surface area (Å²) in [7, 11) is -3.86. The molecule has 1 aromatic carbocycles. The summed E-state index contributed by atoms with van der Waals surface area (Å²) in [5.41, 5.74) is 0. The Morgan fingerprint density at radius 1 is 1.32 bits per heavy atom. The van der Waals surface area contributed by atoms with E-state index in [4.69, 9.17) is 16.3 Å². The van der Waals surface area contributed by atoms with Gasteiger partial charge in [0.25, 0.3) is 0 Å². The van der Waals surface area contributed by atoms with Crippen LogP contribution in [-0.4, -0.2) is 38.0 Å². The van der Waals surface area contributed by atoms with Crippen molar-refractivity contribution in [2.45, 2.75) is 31.0 Å². The first-order valence-corrected chi connectivity index (χ1v) is 7.73. The van der Waals surface area contributed by atoms with Gasteiger partial charge in [0.15, 0.2) is 0 Å². The molecule has 0 N–H and O–H groups in total. The van der Waals surface area contributed by atoms with Crippen molar-refractivity contribution in [2.24, 2.45) is 0 Å². The lowest BCUT2D eigenvalue weighted by Gasteiger charge is -2.34. The predicted molar refractivity (Wildman–Crippen MR) is 70.2 cm³/mol. The third-order valence-electron chi connectivity index (χ3n) is 2.90. The summed E-state index contributed by atoms with van der Waals surface area (Å²) in [5.74, 6) is -0.834. The van der Waals surface area contributed by atoms with E-state index in [1.807, 2.05) is 0 Å². The fourth-order valence-electron chi connectivity index (χ4n) is 2.15. The molecule has 0 saturated carbocycles. The van der Waals surface area contributed by atoms with Gasteiger partial charge < -0.3 is 4.74 Å². The number of hydrogen-bond acceptors (Lipinski definition) is 3. The monoisotopic (exact) mass is 307 g/mol. The van der Waals surface area contributed by atoms with Crippen molar-refractivity contribution < 1.29 is 17.5 Å². The van der Waals surface area contributed by atoms with Crippen LogP contribution in [0, 0.1) is 5.82 Å². The minimum absolute atomic E-state index is 0.167. The maximum Gasteiger partial charge on any atom is 0.246 e. The zero-order valence-corrected chi connectivity index (χ0v) is 12.2. The van der Waals surface area contributed by atoms with E-state index < -0.39 is 15.8 Å². The Labute approximate surface area is 117 Å². The van der Waals surface area contributed by atoms with E-state index in [1.165, 1.54) is 16.4 Å². The van der Waals surface area contributed by atoms with Crippen molar-refractivity contribution in [1.29, 1.82) is 0 Å². The molecule has 0 spiro atoms. The van der Waals surface area contributed by atoms with Crippen molar-refractivity contribution in [3.05, 3.63) is 29.0 Å². The molecule has 0 amide bonds. The normalized spacial score (nSPS) is 25.5. The van der Waals surface area contributed by atoms with Gasteiger partial charge in [0.1, 0.15) is 10.7 Å². The molecule has 2 rings (SSSR count). The molecule has 2 atom stereocenters. The zero-order chi connectivity index (χ0) is 14.2. The Kier molecular flexibility index (Phi) is 4.15. The summed E-state index contributed by atoms with van der Waals surface area (Å²) in [6.45, 7) is 4.01. The van der Waals surface area contributed by atoms with Crippen molar-refractivity contribution in [2.75, 3.05) is 13.1 Å². The molecule has 1 fully saturated rings. The molecule has 0 aliphatic carbocycles.